The van der Waals surface area contributed by atoms with Crippen molar-refractivity contribution in [1.82, 2.24) is 9.66 Å². The van der Waals surface area contributed by atoms with Crippen LogP contribution in [0.1, 0.15) is 36.7 Å². The van der Waals surface area contributed by atoms with E-state index in [4.69, 9.17) is 9.72 Å². The lowest BCUT2D eigenvalue weighted by Gasteiger charge is -2.13. The first-order valence-corrected chi connectivity index (χ1v) is 14.6. The van der Waals surface area contributed by atoms with Gasteiger partial charge in [0, 0.05) is 10.4 Å². The molecular weight excluding hydrogens is 756 g/mol. The van der Waals surface area contributed by atoms with Crippen LogP contribution in [0.25, 0.3) is 21.7 Å². The molecule has 4 aromatic carbocycles. The van der Waals surface area contributed by atoms with E-state index in [-0.39, 0.29) is 11.5 Å². The number of benzene rings is 4. The van der Waals surface area contributed by atoms with Gasteiger partial charge in [-0.25, -0.2) is 4.98 Å². The quantitative estimate of drug-likeness (QED) is 0.129. The third-order valence-corrected chi connectivity index (χ3v) is 8.04. The summed E-state index contributed by atoms with van der Waals surface area (Å²) < 4.78 is 10.5. The molecule has 0 aliphatic rings. The molecule has 0 saturated heterocycles. The van der Waals surface area contributed by atoms with E-state index in [0.717, 1.165) is 28.5 Å². The van der Waals surface area contributed by atoms with Crippen molar-refractivity contribution in [1.29, 1.82) is 0 Å². The standard InChI is InChI=1S/C29H22BrI2N3O2/c1-17(2)28-34-26-11-10-21(30)14-23(26)29(36)35(28)33-15-18-12-24(31)27(25(32)13-18)37-16-20-8-5-7-19-6-3-4-9-22(19)20/h3-15,17H,16H2,1-2H3. The Morgan fingerprint density at radius 3 is 2.49 bits per heavy atom. The first kappa shape index (κ1) is 26.3. The minimum absolute atomic E-state index is 0.0306. The Morgan fingerprint density at radius 1 is 1.00 bits per heavy atom. The molecule has 1 aromatic heterocycles. The highest BCUT2D eigenvalue weighted by Crippen LogP contribution is 2.30. The monoisotopic (exact) mass is 777 g/mol. The Balaban J connectivity index is 1.45. The SMILES string of the molecule is CC(C)c1nc2ccc(Br)cc2c(=O)n1N=Cc1cc(I)c(OCc2cccc3ccccc23)c(I)c1. The molecule has 0 atom stereocenters. The van der Waals surface area contributed by atoms with Crippen LogP contribution in [-0.4, -0.2) is 15.9 Å². The van der Waals surface area contributed by atoms with Crippen molar-refractivity contribution in [3.05, 3.63) is 112 Å². The Labute approximate surface area is 250 Å². The van der Waals surface area contributed by atoms with Crippen molar-refractivity contribution in [2.45, 2.75) is 26.4 Å². The fourth-order valence-electron chi connectivity index (χ4n) is 4.14. The molecule has 0 spiro atoms. The normalized spacial score (nSPS) is 11.7. The van der Waals surface area contributed by atoms with E-state index < -0.39 is 0 Å². The highest BCUT2D eigenvalue weighted by molar-refractivity contribution is 14.1. The van der Waals surface area contributed by atoms with E-state index in [1.165, 1.54) is 15.4 Å². The minimum Gasteiger partial charge on any atom is -0.487 e. The number of hydrogen-bond acceptors (Lipinski definition) is 4. The van der Waals surface area contributed by atoms with E-state index >= 15 is 0 Å². The summed E-state index contributed by atoms with van der Waals surface area (Å²) in [6.07, 6.45) is 1.71. The predicted octanol–water partition coefficient (Wildman–Crippen LogP) is 8.11. The van der Waals surface area contributed by atoms with Crippen LogP contribution in [0.5, 0.6) is 5.75 Å². The lowest BCUT2D eigenvalue weighted by atomic mass is 10.1. The third-order valence-electron chi connectivity index (χ3n) is 5.94. The van der Waals surface area contributed by atoms with Gasteiger partial charge in [0.15, 0.2) is 0 Å². The maximum Gasteiger partial charge on any atom is 0.282 e. The Hall–Kier alpha value is -2.31. The molecule has 37 heavy (non-hydrogen) atoms. The van der Waals surface area contributed by atoms with Crippen LogP contribution in [0, 0.1) is 7.14 Å². The first-order chi connectivity index (χ1) is 17.8. The van der Waals surface area contributed by atoms with Gasteiger partial charge in [-0.1, -0.05) is 72.2 Å². The van der Waals surface area contributed by atoms with Gasteiger partial charge < -0.3 is 4.74 Å². The molecule has 0 saturated carbocycles. The molecule has 5 nitrogen and oxygen atoms in total. The molecule has 0 aliphatic carbocycles. The van der Waals surface area contributed by atoms with E-state index in [1.54, 1.807) is 12.3 Å². The van der Waals surface area contributed by atoms with Crippen LogP contribution in [0.3, 0.4) is 0 Å². The summed E-state index contributed by atoms with van der Waals surface area (Å²) in [7, 11) is 0. The number of halogens is 3. The van der Waals surface area contributed by atoms with Crippen molar-refractivity contribution in [3.63, 3.8) is 0 Å². The fourth-order valence-corrected chi connectivity index (χ4v) is 6.62. The molecule has 0 amide bonds. The van der Waals surface area contributed by atoms with Crippen molar-refractivity contribution in [3.8, 4) is 5.75 Å². The third kappa shape index (κ3) is 5.61. The van der Waals surface area contributed by atoms with Crippen molar-refractivity contribution in [2.24, 2.45) is 5.10 Å². The second-order valence-electron chi connectivity index (χ2n) is 8.89. The molecule has 0 fully saturated rings. The molecular formula is C29H22BrI2N3O2. The van der Waals surface area contributed by atoms with Gasteiger partial charge in [-0.3, -0.25) is 4.79 Å². The second-order valence-corrected chi connectivity index (χ2v) is 12.1. The molecule has 0 bridgehead atoms. The summed E-state index contributed by atoms with van der Waals surface area (Å²) in [5.41, 5.74) is 2.50. The first-order valence-electron chi connectivity index (χ1n) is 11.7. The van der Waals surface area contributed by atoms with Gasteiger partial charge >= 0.3 is 0 Å². The molecule has 5 aromatic rings. The number of hydrogen-bond donors (Lipinski definition) is 0. The van der Waals surface area contributed by atoms with Gasteiger partial charge in [0.1, 0.15) is 18.2 Å². The zero-order chi connectivity index (χ0) is 26.1. The topological polar surface area (TPSA) is 56.5 Å². The van der Waals surface area contributed by atoms with Gasteiger partial charge in [-0.2, -0.15) is 9.78 Å². The van der Waals surface area contributed by atoms with Crippen molar-refractivity contribution < 1.29 is 4.74 Å². The van der Waals surface area contributed by atoms with E-state index in [1.807, 2.05) is 50.2 Å². The number of aromatic nitrogens is 2. The van der Waals surface area contributed by atoms with E-state index in [2.05, 4.69) is 96.5 Å². The maximum atomic E-state index is 13.3. The van der Waals surface area contributed by atoms with E-state index in [0.29, 0.717) is 23.3 Å². The van der Waals surface area contributed by atoms with Crippen LogP contribution in [0.4, 0.5) is 0 Å². The summed E-state index contributed by atoms with van der Waals surface area (Å²) in [6.45, 7) is 4.49. The molecule has 1 heterocycles. The summed E-state index contributed by atoms with van der Waals surface area (Å²) in [6, 6.07) is 24.1. The van der Waals surface area contributed by atoms with Gasteiger partial charge in [-0.05, 0) is 97.4 Å². The summed E-state index contributed by atoms with van der Waals surface area (Å²) >= 11 is 8.03. The summed E-state index contributed by atoms with van der Waals surface area (Å²) in [5.74, 6) is 1.49. The zero-order valence-corrected chi connectivity index (χ0v) is 26.0. The van der Waals surface area contributed by atoms with Crippen LogP contribution in [0.15, 0.2) is 87.2 Å². The predicted molar refractivity (Wildman–Crippen MR) is 171 cm³/mol. The van der Waals surface area contributed by atoms with Crippen LogP contribution >= 0.6 is 61.1 Å². The van der Waals surface area contributed by atoms with Gasteiger partial charge in [0.05, 0.1) is 24.3 Å². The molecule has 0 aliphatic heterocycles. The largest absolute Gasteiger partial charge is 0.487 e. The number of fused-ring (bicyclic) bond motifs is 2. The molecule has 5 rings (SSSR count). The highest BCUT2D eigenvalue weighted by Gasteiger charge is 2.14. The summed E-state index contributed by atoms with van der Waals surface area (Å²) in [4.78, 5) is 18.0. The molecule has 186 valence electrons. The maximum absolute atomic E-state index is 13.3. The Kier molecular flexibility index (Phi) is 7.96. The average Bonchev–Trinajstić information content (AvgIpc) is 2.88. The molecule has 0 unspecified atom stereocenters. The molecule has 0 radical (unpaired) electrons. The minimum atomic E-state index is -0.189. The average molecular weight is 778 g/mol. The number of nitrogens with zero attached hydrogens (tertiary/aromatic N) is 3. The van der Waals surface area contributed by atoms with Crippen molar-refractivity contribution in [2.75, 3.05) is 0 Å². The summed E-state index contributed by atoms with van der Waals surface area (Å²) in [5, 5.41) is 7.49. The van der Waals surface area contributed by atoms with Gasteiger partial charge in [0.25, 0.3) is 5.56 Å². The second kappa shape index (κ2) is 11.2. The van der Waals surface area contributed by atoms with Crippen LogP contribution in [0.2, 0.25) is 0 Å². The van der Waals surface area contributed by atoms with Crippen LogP contribution < -0.4 is 10.3 Å². The van der Waals surface area contributed by atoms with Crippen LogP contribution in [-0.2, 0) is 6.61 Å². The van der Waals surface area contributed by atoms with Gasteiger partial charge in [0.2, 0.25) is 0 Å². The van der Waals surface area contributed by atoms with Gasteiger partial charge in [-0.15, -0.1) is 0 Å². The molecule has 0 N–H and O–H groups in total. The number of rotatable bonds is 6. The van der Waals surface area contributed by atoms with E-state index in [9.17, 15) is 4.79 Å². The smallest absolute Gasteiger partial charge is 0.282 e. The number of ether oxygens (including phenoxy) is 1. The zero-order valence-electron chi connectivity index (χ0n) is 20.1. The van der Waals surface area contributed by atoms with Crippen molar-refractivity contribution >= 4 is 89.0 Å². The Bertz CT molecular complexity index is 1700. The fraction of sp³-hybridized carbons (Fsp3) is 0.138. The lowest BCUT2D eigenvalue weighted by Crippen LogP contribution is -2.23. The Morgan fingerprint density at radius 2 is 1.73 bits per heavy atom. The molecule has 8 heteroatoms. The highest BCUT2D eigenvalue weighted by atomic mass is 127. The lowest BCUT2D eigenvalue weighted by molar-refractivity contribution is 0.303.